The van der Waals surface area contributed by atoms with Crippen LogP contribution in [0.3, 0.4) is 0 Å². The number of hydrogen-bond acceptors (Lipinski definition) is 1. The monoisotopic (exact) mass is 731 g/mol. The van der Waals surface area contributed by atoms with Crippen molar-refractivity contribution in [3.63, 3.8) is 0 Å². The van der Waals surface area contributed by atoms with E-state index in [1.807, 2.05) is 0 Å². The predicted octanol–water partition coefficient (Wildman–Crippen LogP) is 15.0. The molecule has 5 aliphatic carbocycles. The average Bonchev–Trinajstić information content (AvgIpc) is 3.56. The minimum absolute atomic E-state index is 0.0830. The number of benzene rings is 8. The topological polar surface area (TPSA) is 3.24 Å². The van der Waals surface area contributed by atoms with Gasteiger partial charge in [-0.25, -0.2) is 0 Å². The maximum atomic E-state index is 2.65. The van der Waals surface area contributed by atoms with E-state index in [4.69, 9.17) is 0 Å². The molecule has 1 spiro atoms. The van der Waals surface area contributed by atoms with Crippen molar-refractivity contribution in [3.05, 3.63) is 199 Å². The van der Waals surface area contributed by atoms with Gasteiger partial charge in [-0.05, 0) is 142 Å². The third-order valence-electron chi connectivity index (χ3n) is 14.5. The Bertz CT molecular complexity index is 2770. The van der Waals surface area contributed by atoms with Crippen molar-refractivity contribution in [1.82, 2.24) is 0 Å². The van der Waals surface area contributed by atoms with Gasteiger partial charge in [-0.15, -0.1) is 0 Å². The molecular formula is C56H45N. The van der Waals surface area contributed by atoms with Gasteiger partial charge in [-0.3, -0.25) is 0 Å². The van der Waals surface area contributed by atoms with Crippen molar-refractivity contribution in [2.24, 2.45) is 23.7 Å². The summed E-state index contributed by atoms with van der Waals surface area (Å²) in [7, 11) is 0. The molecule has 4 saturated carbocycles. The minimum Gasteiger partial charge on any atom is -0.309 e. The number of fused-ring (bicyclic) bond motifs is 4. The average molecular weight is 732 g/mol. The van der Waals surface area contributed by atoms with Crippen LogP contribution in [-0.2, 0) is 5.41 Å². The molecule has 0 heterocycles. The highest BCUT2D eigenvalue weighted by Crippen LogP contribution is 2.69. The lowest BCUT2D eigenvalue weighted by atomic mass is 9.43. The normalized spacial score (nSPS) is 22.5. The van der Waals surface area contributed by atoms with Gasteiger partial charge in [0.15, 0.2) is 0 Å². The molecule has 4 fully saturated rings. The summed E-state index contributed by atoms with van der Waals surface area (Å²) in [4.78, 5) is 2.60. The van der Waals surface area contributed by atoms with Crippen LogP contribution in [0.15, 0.2) is 188 Å². The van der Waals surface area contributed by atoms with E-state index in [0.717, 1.165) is 11.8 Å². The Kier molecular flexibility index (Phi) is 7.49. The molecule has 8 aromatic rings. The quantitative estimate of drug-likeness (QED) is 0.165. The Hall–Kier alpha value is -6.18. The third kappa shape index (κ3) is 5.01. The summed E-state index contributed by atoms with van der Waals surface area (Å²) < 4.78 is 0. The first kappa shape index (κ1) is 33.0. The van der Waals surface area contributed by atoms with Crippen LogP contribution in [0.2, 0.25) is 0 Å². The highest BCUT2D eigenvalue weighted by atomic mass is 15.1. The molecular weight excluding hydrogens is 687 g/mol. The SMILES string of the molecule is c1ccc(-c2ccc(N(c3ccc4c(c3)C3(c5ccccc5-4)C4CC5CC(C4)CC3C5)c3ccc(-c4ccccc4)c4ccccc34)c(-c3ccccc3)c2)cc1. The first-order valence-corrected chi connectivity index (χ1v) is 21.1. The zero-order valence-corrected chi connectivity index (χ0v) is 32.2. The molecule has 13 rings (SSSR count). The van der Waals surface area contributed by atoms with E-state index >= 15 is 0 Å². The molecule has 8 aromatic carbocycles. The van der Waals surface area contributed by atoms with Crippen LogP contribution in [0.4, 0.5) is 17.1 Å². The van der Waals surface area contributed by atoms with Gasteiger partial charge in [-0.2, -0.15) is 0 Å². The molecule has 0 aromatic heterocycles. The second-order valence-electron chi connectivity index (χ2n) is 17.3. The van der Waals surface area contributed by atoms with E-state index in [9.17, 15) is 0 Å². The summed E-state index contributed by atoms with van der Waals surface area (Å²) >= 11 is 0. The van der Waals surface area contributed by atoms with Crippen molar-refractivity contribution in [2.45, 2.75) is 37.5 Å². The Morgan fingerprint density at radius 1 is 0.351 bits per heavy atom. The van der Waals surface area contributed by atoms with E-state index in [1.165, 1.54) is 104 Å². The smallest absolute Gasteiger partial charge is 0.0540 e. The van der Waals surface area contributed by atoms with E-state index in [-0.39, 0.29) is 5.41 Å². The van der Waals surface area contributed by atoms with Crippen LogP contribution >= 0.6 is 0 Å². The Morgan fingerprint density at radius 2 is 0.895 bits per heavy atom. The summed E-state index contributed by atoms with van der Waals surface area (Å²) in [5.41, 5.74) is 17.2. The Labute approximate surface area is 336 Å². The first-order chi connectivity index (χ1) is 28.2. The number of anilines is 3. The van der Waals surface area contributed by atoms with Crippen LogP contribution < -0.4 is 4.90 Å². The van der Waals surface area contributed by atoms with Crippen molar-refractivity contribution in [2.75, 3.05) is 4.90 Å². The van der Waals surface area contributed by atoms with Crippen LogP contribution in [0.5, 0.6) is 0 Å². The molecule has 0 N–H and O–H groups in total. The Balaban J connectivity index is 1.13. The van der Waals surface area contributed by atoms with Gasteiger partial charge in [0.1, 0.15) is 0 Å². The predicted molar refractivity (Wildman–Crippen MR) is 238 cm³/mol. The minimum atomic E-state index is 0.0830. The summed E-state index contributed by atoms with van der Waals surface area (Å²) in [6.45, 7) is 0. The molecule has 57 heavy (non-hydrogen) atoms. The highest BCUT2D eigenvalue weighted by molar-refractivity contribution is 6.07. The summed E-state index contributed by atoms with van der Waals surface area (Å²) in [6.07, 6.45) is 6.95. The van der Waals surface area contributed by atoms with Crippen molar-refractivity contribution in [1.29, 1.82) is 0 Å². The lowest BCUT2D eigenvalue weighted by Crippen LogP contribution is -2.55. The summed E-state index contributed by atoms with van der Waals surface area (Å²) in [6, 6.07) is 70.6. The molecule has 5 aliphatic rings. The maximum Gasteiger partial charge on any atom is 0.0540 e. The Morgan fingerprint density at radius 3 is 1.60 bits per heavy atom. The van der Waals surface area contributed by atoms with Gasteiger partial charge in [0.05, 0.1) is 11.4 Å². The van der Waals surface area contributed by atoms with Crippen LogP contribution in [0.25, 0.3) is 55.3 Å². The molecule has 4 bridgehead atoms. The molecule has 0 saturated heterocycles. The second-order valence-corrected chi connectivity index (χ2v) is 17.3. The number of rotatable bonds is 6. The zero-order valence-electron chi connectivity index (χ0n) is 32.2. The molecule has 0 unspecified atom stereocenters. The molecule has 1 nitrogen and oxygen atoms in total. The fraction of sp³-hybridized carbons (Fsp3) is 0.179. The van der Waals surface area contributed by atoms with Crippen LogP contribution in [-0.4, -0.2) is 0 Å². The largest absolute Gasteiger partial charge is 0.309 e. The van der Waals surface area contributed by atoms with Crippen LogP contribution in [0.1, 0.15) is 43.2 Å². The summed E-state index contributed by atoms with van der Waals surface area (Å²) in [5.74, 6) is 3.21. The van der Waals surface area contributed by atoms with Gasteiger partial charge < -0.3 is 4.90 Å². The fourth-order valence-electron chi connectivity index (χ4n) is 12.4. The molecule has 0 amide bonds. The van der Waals surface area contributed by atoms with Gasteiger partial charge in [0.25, 0.3) is 0 Å². The third-order valence-corrected chi connectivity index (χ3v) is 14.5. The van der Waals surface area contributed by atoms with Crippen molar-refractivity contribution >= 4 is 27.8 Å². The number of hydrogen-bond donors (Lipinski definition) is 0. The van der Waals surface area contributed by atoms with Crippen molar-refractivity contribution in [3.8, 4) is 44.5 Å². The standard InChI is InChI=1S/C56H45N/c1-4-14-39(15-5-1)42-24-28-55(51(35-42)41-18-8-3-9-19-41)57(54-29-27-46(40-16-6-2-7-17-40)47-20-10-11-22-50(47)54)45-25-26-49-48-21-12-13-23-52(48)56(53(49)36-45)43-31-37-30-38(33-43)34-44(56)32-37/h1-29,35-38,43-44H,30-34H2. The molecule has 0 aliphatic heterocycles. The highest BCUT2D eigenvalue weighted by Gasteiger charge is 2.61. The summed E-state index contributed by atoms with van der Waals surface area (Å²) in [5, 5.41) is 2.51. The van der Waals surface area contributed by atoms with Gasteiger partial charge in [0.2, 0.25) is 0 Å². The molecule has 274 valence electrons. The lowest BCUT2D eigenvalue weighted by molar-refractivity contribution is -0.0399. The van der Waals surface area contributed by atoms with E-state index in [2.05, 4.69) is 193 Å². The maximum absolute atomic E-state index is 2.65. The number of nitrogens with zero attached hydrogens (tertiary/aromatic N) is 1. The van der Waals surface area contributed by atoms with E-state index in [1.54, 1.807) is 11.1 Å². The van der Waals surface area contributed by atoms with Gasteiger partial charge >= 0.3 is 0 Å². The van der Waals surface area contributed by atoms with Crippen LogP contribution in [0, 0.1) is 23.7 Å². The molecule has 0 radical (unpaired) electrons. The van der Waals surface area contributed by atoms with E-state index < -0.39 is 0 Å². The first-order valence-electron chi connectivity index (χ1n) is 21.1. The van der Waals surface area contributed by atoms with Crippen molar-refractivity contribution < 1.29 is 0 Å². The van der Waals surface area contributed by atoms with Gasteiger partial charge in [-0.1, -0.05) is 158 Å². The fourth-order valence-corrected chi connectivity index (χ4v) is 12.4. The second kappa shape index (κ2) is 12.9. The molecule has 1 heteroatoms. The van der Waals surface area contributed by atoms with E-state index in [0.29, 0.717) is 11.8 Å². The van der Waals surface area contributed by atoms with Gasteiger partial charge in [0, 0.05) is 22.1 Å². The lowest BCUT2D eigenvalue weighted by Gasteiger charge is -2.61. The molecule has 0 atom stereocenters. The zero-order chi connectivity index (χ0) is 37.5.